The number of ether oxygens (including phenoxy) is 2. The van der Waals surface area contributed by atoms with Crippen LogP contribution in [0.5, 0.6) is 11.5 Å². The second kappa shape index (κ2) is 9.16. The number of amides is 1. The Bertz CT molecular complexity index is 1220. The Balaban J connectivity index is 1.89. The first-order chi connectivity index (χ1) is 15.9. The van der Waals surface area contributed by atoms with Crippen molar-refractivity contribution in [3.8, 4) is 11.5 Å². The Morgan fingerprint density at radius 2 is 1.70 bits per heavy atom. The van der Waals surface area contributed by atoms with E-state index in [1.54, 1.807) is 73.1 Å². The molecule has 0 saturated carbocycles. The third-order valence-electron chi connectivity index (χ3n) is 5.28. The molecule has 2 aromatic carbocycles. The standard InChI is InChI=1S/C26H24N2O5/c1-16(2)33-21-9-4-6-18(14-21)24(29)22-23(17-10-12-27-13-11-17)28(26(31)25(22)30)19-7-5-8-20(15-19)32-3/h4-16,23,29H,1-3H3/b24-22+. The molecule has 0 radical (unpaired) electrons. The molecule has 1 saturated heterocycles. The molecule has 33 heavy (non-hydrogen) atoms. The molecular formula is C26H24N2O5. The van der Waals surface area contributed by atoms with Gasteiger partial charge in [-0.05, 0) is 55.8 Å². The average Bonchev–Trinajstić information content (AvgIpc) is 3.09. The van der Waals surface area contributed by atoms with Crippen LogP contribution >= 0.6 is 0 Å². The normalized spacial score (nSPS) is 17.5. The molecule has 1 amide bonds. The van der Waals surface area contributed by atoms with Gasteiger partial charge in [0.25, 0.3) is 11.7 Å². The highest BCUT2D eigenvalue weighted by atomic mass is 16.5. The number of anilines is 1. The summed E-state index contributed by atoms with van der Waals surface area (Å²) in [5.74, 6) is -0.679. The molecule has 0 spiro atoms. The minimum absolute atomic E-state index is 0.00397. The summed E-state index contributed by atoms with van der Waals surface area (Å²) in [6.07, 6.45) is 3.11. The average molecular weight is 444 g/mol. The van der Waals surface area contributed by atoms with Crippen molar-refractivity contribution in [1.82, 2.24) is 4.98 Å². The van der Waals surface area contributed by atoms with E-state index >= 15 is 0 Å². The summed E-state index contributed by atoms with van der Waals surface area (Å²) in [5.41, 5.74) is 1.50. The highest BCUT2D eigenvalue weighted by Crippen LogP contribution is 2.42. The van der Waals surface area contributed by atoms with Gasteiger partial charge in [0, 0.05) is 29.7 Å². The molecule has 1 atom stereocenters. The van der Waals surface area contributed by atoms with Crippen LogP contribution in [-0.2, 0) is 9.59 Å². The van der Waals surface area contributed by atoms with Crippen LogP contribution in [0.1, 0.15) is 31.0 Å². The number of carbonyl (C=O) groups excluding carboxylic acids is 2. The summed E-state index contributed by atoms with van der Waals surface area (Å²) in [4.78, 5) is 31.8. The van der Waals surface area contributed by atoms with Crippen LogP contribution in [0.3, 0.4) is 0 Å². The van der Waals surface area contributed by atoms with E-state index in [0.29, 0.717) is 28.3 Å². The number of hydrogen-bond acceptors (Lipinski definition) is 6. The first-order valence-corrected chi connectivity index (χ1v) is 10.5. The molecule has 0 aliphatic carbocycles. The lowest BCUT2D eigenvalue weighted by Gasteiger charge is -2.25. The van der Waals surface area contributed by atoms with Crippen molar-refractivity contribution in [1.29, 1.82) is 0 Å². The van der Waals surface area contributed by atoms with Gasteiger partial charge in [0.2, 0.25) is 0 Å². The van der Waals surface area contributed by atoms with Gasteiger partial charge in [-0.2, -0.15) is 0 Å². The fraction of sp³-hybridized carbons (Fsp3) is 0.192. The summed E-state index contributed by atoms with van der Waals surface area (Å²) in [5, 5.41) is 11.2. The molecule has 4 rings (SSSR count). The number of nitrogens with zero attached hydrogens (tertiary/aromatic N) is 2. The quantitative estimate of drug-likeness (QED) is 0.342. The number of benzene rings is 2. The second-order valence-electron chi connectivity index (χ2n) is 7.85. The van der Waals surface area contributed by atoms with Crippen molar-refractivity contribution in [3.63, 3.8) is 0 Å². The first kappa shape index (κ1) is 22.1. The molecule has 7 heteroatoms. The van der Waals surface area contributed by atoms with Gasteiger partial charge in [-0.3, -0.25) is 19.5 Å². The Morgan fingerprint density at radius 3 is 2.39 bits per heavy atom. The van der Waals surface area contributed by atoms with E-state index in [2.05, 4.69) is 4.98 Å². The summed E-state index contributed by atoms with van der Waals surface area (Å²) >= 11 is 0. The van der Waals surface area contributed by atoms with Gasteiger partial charge in [0.1, 0.15) is 17.3 Å². The highest BCUT2D eigenvalue weighted by Gasteiger charge is 2.47. The fourth-order valence-corrected chi connectivity index (χ4v) is 3.86. The van der Waals surface area contributed by atoms with Gasteiger partial charge in [-0.25, -0.2) is 0 Å². The van der Waals surface area contributed by atoms with Crippen LogP contribution in [0.2, 0.25) is 0 Å². The molecule has 168 valence electrons. The first-order valence-electron chi connectivity index (χ1n) is 10.5. The third-order valence-corrected chi connectivity index (χ3v) is 5.28. The molecule has 1 fully saturated rings. The molecule has 1 aliphatic heterocycles. The number of hydrogen-bond donors (Lipinski definition) is 1. The van der Waals surface area contributed by atoms with Crippen molar-refractivity contribution >= 4 is 23.1 Å². The monoisotopic (exact) mass is 444 g/mol. The summed E-state index contributed by atoms with van der Waals surface area (Å²) in [6, 6.07) is 16.3. The lowest BCUT2D eigenvalue weighted by molar-refractivity contribution is -0.132. The number of ketones is 1. The zero-order chi connectivity index (χ0) is 23.5. The minimum Gasteiger partial charge on any atom is -0.507 e. The van der Waals surface area contributed by atoms with Crippen LogP contribution in [0, 0.1) is 0 Å². The maximum absolute atomic E-state index is 13.2. The molecule has 1 unspecified atom stereocenters. The van der Waals surface area contributed by atoms with E-state index < -0.39 is 17.7 Å². The van der Waals surface area contributed by atoms with E-state index in [4.69, 9.17) is 9.47 Å². The molecule has 1 aromatic heterocycles. The van der Waals surface area contributed by atoms with Crippen LogP contribution in [0.15, 0.2) is 78.6 Å². The number of aliphatic hydroxyl groups is 1. The number of carbonyl (C=O) groups is 2. The number of Topliss-reactive ketones (excluding diaryl/α,β-unsaturated/α-hetero) is 1. The lowest BCUT2D eigenvalue weighted by atomic mass is 9.95. The van der Waals surface area contributed by atoms with Crippen molar-refractivity contribution < 1.29 is 24.2 Å². The largest absolute Gasteiger partial charge is 0.507 e. The van der Waals surface area contributed by atoms with Crippen LogP contribution in [0.4, 0.5) is 5.69 Å². The second-order valence-corrected chi connectivity index (χ2v) is 7.85. The van der Waals surface area contributed by atoms with Crippen molar-refractivity contribution in [2.75, 3.05) is 12.0 Å². The van der Waals surface area contributed by atoms with Gasteiger partial charge < -0.3 is 14.6 Å². The van der Waals surface area contributed by atoms with Crippen molar-refractivity contribution in [2.45, 2.75) is 26.0 Å². The van der Waals surface area contributed by atoms with Crippen LogP contribution in [-0.4, -0.2) is 35.0 Å². The molecule has 1 aliphatic rings. The van der Waals surface area contributed by atoms with E-state index in [0.717, 1.165) is 0 Å². The Hall–Kier alpha value is -4.13. The predicted molar refractivity (Wildman–Crippen MR) is 124 cm³/mol. The van der Waals surface area contributed by atoms with Gasteiger partial charge in [-0.15, -0.1) is 0 Å². The molecule has 7 nitrogen and oxygen atoms in total. The fourth-order valence-electron chi connectivity index (χ4n) is 3.86. The minimum atomic E-state index is -0.838. The Labute approximate surface area is 191 Å². The number of aliphatic hydroxyl groups excluding tert-OH is 1. The molecule has 0 bridgehead atoms. The zero-order valence-electron chi connectivity index (χ0n) is 18.6. The molecule has 1 N–H and O–H groups in total. The Morgan fingerprint density at radius 1 is 1.00 bits per heavy atom. The SMILES string of the molecule is COc1cccc(N2C(=O)C(=O)/C(=C(/O)c3cccc(OC(C)C)c3)C2c2ccncc2)c1. The van der Waals surface area contributed by atoms with Crippen LogP contribution < -0.4 is 14.4 Å². The van der Waals surface area contributed by atoms with E-state index in [1.165, 1.54) is 12.0 Å². The number of aromatic nitrogens is 1. The maximum atomic E-state index is 13.2. The van der Waals surface area contributed by atoms with Gasteiger partial charge in [-0.1, -0.05) is 18.2 Å². The van der Waals surface area contributed by atoms with Crippen LogP contribution in [0.25, 0.3) is 5.76 Å². The van der Waals surface area contributed by atoms with E-state index in [-0.39, 0.29) is 17.4 Å². The molecule has 2 heterocycles. The summed E-state index contributed by atoms with van der Waals surface area (Å²) < 4.78 is 11.0. The highest BCUT2D eigenvalue weighted by molar-refractivity contribution is 6.51. The summed E-state index contributed by atoms with van der Waals surface area (Å²) in [7, 11) is 1.53. The third kappa shape index (κ3) is 4.30. The molecule has 3 aromatic rings. The van der Waals surface area contributed by atoms with Gasteiger partial charge in [0.05, 0.1) is 24.8 Å². The summed E-state index contributed by atoms with van der Waals surface area (Å²) in [6.45, 7) is 3.80. The number of methoxy groups -OCH3 is 1. The maximum Gasteiger partial charge on any atom is 0.300 e. The Kier molecular flexibility index (Phi) is 6.13. The number of pyridine rings is 1. The van der Waals surface area contributed by atoms with Gasteiger partial charge in [0.15, 0.2) is 0 Å². The number of rotatable bonds is 6. The van der Waals surface area contributed by atoms with Crippen molar-refractivity contribution in [3.05, 3.63) is 89.8 Å². The van der Waals surface area contributed by atoms with E-state index in [1.807, 2.05) is 13.8 Å². The lowest BCUT2D eigenvalue weighted by Crippen LogP contribution is -2.29. The topological polar surface area (TPSA) is 89.0 Å². The molecular weight excluding hydrogens is 420 g/mol. The smallest absolute Gasteiger partial charge is 0.300 e. The van der Waals surface area contributed by atoms with E-state index in [9.17, 15) is 14.7 Å². The van der Waals surface area contributed by atoms with Gasteiger partial charge >= 0.3 is 0 Å². The van der Waals surface area contributed by atoms with Crippen molar-refractivity contribution in [2.24, 2.45) is 0 Å². The predicted octanol–water partition coefficient (Wildman–Crippen LogP) is 4.50. The zero-order valence-corrected chi connectivity index (χ0v) is 18.6.